The molecule has 0 radical (unpaired) electrons. The minimum Gasteiger partial charge on any atom is -0.495 e. The van der Waals surface area contributed by atoms with E-state index in [9.17, 15) is 0 Å². The van der Waals surface area contributed by atoms with E-state index in [1.807, 2.05) is 6.07 Å². The highest BCUT2D eigenvalue weighted by Crippen LogP contribution is 2.31. The molecule has 0 atom stereocenters. The van der Waals surface area contributed by atoms with Gasteiger partial charge in [-0.3, -0.25) is 0 Å². The van der Waals surface area contributed by atoms with Crippen LogP contribution < -0.4 is 15.4 Å². The van der Waals surface area contributed by atoms with Gasteiger partial charge in [-0.05, 0) is 31.6 Å². The maximum atomic E-state index is 8.61. The van der Waals surface area contributed by atoms with Gasteiger partial charge in [-0.15, -0.1) is 0 Å². The molecule has 6 heteroatoms. The Morgan fingerprint density at radius 3 is 2.58 bits per heavy atom. The van der Waals surface area contributed by atoms with Crippen LogP contribution in [0, 0.1) is 0 Å². The molecule has 0 saturated carbocycles. The van der Waals surface area contributed by atoms with Gasteiger partial charge < -0.3 is 20.5 Å². The van der Waals surface area contributed by atoms with Gasteiger partial charge in [-0.2, -0.15) is 0 Å². The van der Waals surface area contributed by atoms with E-state index in [-0.39, 0.29) is 6.61 Å². The van der Waals surface area contributed by atoms with E-state index < -0.39 is 0 Å². The Kier molecular flexibility index (Phi) is 8.18. The third-order valence-electron chi connectivity index (χ3n) is 2.60. The van der Waals surface area contributed by atoms with Crippen LogP contribution in [0.25, 0.3) is 0 Å². The Bertz CT molecular complexity index is 389. The molecule has 0 aliphatic carbocycles. The molecule has 19 heavy (non-hydrogen) atoms. The minimum absolute atomic E-state index is 0.172. The number of methoxy groups -OCH3 is 1. The fourth-order valence-corrected chi connectivity index (χ4v) is 2.35. The number of ether oxygens (including phenoxy) is 1. The largest absolute Gasteiger partial charge is 0.495 e. The zero-order chi connectivity index (χ0) is 14.1. The topological polar surface area (TPSA) is 53.5 Å². The predicted octanol–water partition coefficient (Wildman–Crippen LogP) is 2.06. The standard InChI is InChI=1S/C13H20Cl2N2O2/c1-19-13-10(7-11(14)8-12(13)15)9-17-4-2-3-16-5-6-18/h7-8,16-18H,2-6,9H2,1H3. The van der Waals surface area contributed by atoms with Crippen LogP contribution in [0.2, 0.25) is 10.0 Å². The summed E-state index contributed by atoms with van der Waals surface area (Å²) in [6.07, 6.45) is 0.983. The van der Waals surface area contributed by atoms with Gasteiger partial charge in [0.25, 0.3) is 0 Å². The lowest BCUT2D eigenvalue weighted by atomic mass is 10.2. The molecule has 3 N–H and O–H groups in total. The van der Waals surface area contributed by atoms with Crippen molar-refractivity contribution >= 4 is 23.2 Å². The van der Waals surface area contributed by atoms with Crippen molar-refractivity contribution in [3.63, 3.8) is 0 Å². The molecule has 0 spiro atoms. The van der Waals surface area contributed by atoms with Crippen molar-refractivity contribution in [2.75, 3.05) is 33.4 Å². The Morgan fingerprint density at radius 1 is 1.16 bits per heavy atom. The molecular formula is C13H20Cl2N2O2. The first-order valence-corrected chi connectivity index (χ1v) is 6.98. The number of hydrogen-bond donors (Lipinski definition) is 3. The van der Waals surface area contributed by atoms with E-state index in [4.69, 9.17) is 33.0 Å². The second-order valence-electron chi connectivity index (χ2n) is 4.08. The number of hydrogen-bond acceptors (Lipinski definition) is 4. The van der Waals surface area contributed by atoms with Gasteiger partial charge in [-0.1, -0.05) is 23.2 Å². The molecule has 0 aliphatic heterocycles. The number of aliphatic hydroxyl groups is 1. The molecule has 1 rings (SSSR count). The van der Waals surface area contributed by atoms with E-state index in [2.05, 4.69) is 10.6 Å². The highest BCUT2D eigenvalue weighted by atomic mass is 35.5. The van der Waals surface area contributed by atoms with Crippen LogP contribution in [-0.4, -0.2) is 38.5 Å². The summed E-state index contributed by atoms with van der Waals surface area (Å²) in [5.74, 6) is 0.664. The molecule has 0 aromatic heterocycles. The third-order valence-corrected chi connectivity index (χ3v) is 3.10. The Balaban J connectivity index is 2.36. The normalized spacial score (nSPS) is 10.7. The highest BCUT2D eigenvalue weighted by molar-refractivity contribution is 6.35. The quantitative estimate of drug-likeness (QED) is 0.611. The van der Waals surface area contributed by atoms with Crippen molar-refractivity contribution in [3.8, 4) is 5.75 Å². The third kappa shape index (κ3) is 5.97. The lowest BCUT2D eigenvalue weighted by Gasteiger charge is -2.12. The van der Waals surface area contributed by atoms with E-state index >= 15 is 0 Å². The van der Waals surface area contributed by atoms with Crippen molar-refractivity contribution < 1.29 is 9.84 Å². The second-order valence-corrected chi connectivity index (χ2v) is 4.93. The van der Waals surface area contributed by atoms with Crippen LogP contribution in [0.5, 0.6) is 5.75 Å². The van der Waals surface area contributed by atoms with E-state index in [1.54, 1.807) is 13.2 Å². The number of aliphatic hydroxyl groups excluding tert-OH is 1. The molecule has 0 saturated heterocycles. The van der Waals surface area contributed by atoms with Gasteiger partial charge in [0.1, 0.15) is 5.75 Å². The maximum Gasteiger partial charge on any atom is 0.142 e. The summed E-state index contributed by atoms with van der Waals surface area (Å²) in [6, 6.07) is 3.52. The summed E-state index contributed by atoms with van der Waals surface area (Å²) in [7, 11) is 1.59. The number of benzene rings is 1. The molecular weight excluding hydrogens is 287 g/mol. The summed E-state index contributed by atoms with van der Waals surface area (Å²) < 4.78 is 5.27. The zero-order valence-corrected chi connectivity index (χ0v) is 12.5. The summed E-state index contributed by atoms with van der Waals surface area (Å²) >= 11 is 12.0. The molecule has 0 bridgehead atoms. The monoisotopic (exact) mass is 306 g/mol. The molecule has 0 aliphatic rings. The van der Waals surface area contributed by atoms with Crippen LogP contribution in [0.4, 0.5) is 0 Å². The van der Waals surface area contributed by atoms with Gasteiger partial charge in [0.15, 0.2) is 0 Å². The highest BCUT2D eigenvalue weighted by Gasteiger charge is 2.09. The predicted molar refractivity (Wildman–Crippen MR) is 79.3 cm³/mol. The fraction of sp³-hybridized carbons (Fsp3) is 0.538. The van der Waals surface area contributed by atoms with Crippen molar-refractivity contribution in [3.05, 3.63) is 27.7 Å². The smallest absolute Gasteiger partial charge is 0.142 e. The minimum atomic E-state index is 0.172. The zero-order valence-electron chi connectivity index (χ0n) is 11.0. The molecule has 0 fully saturated rings. The second kappa shape index (κ2) is 9.39. The van der Waals surface area contributed by atoms with Crippen LogP contribution in [0.1, 0.15) is 12.0 Å². The van der Waals surface area contributed by atoms with E-state index in [0.29, 0.717) is 28.9 Å². The van der Waals surface area contributed by atoms with Gasteiger partial charge in [0, 0.05) is 23.7 Å². The lowest BCUT2D eigenvalue weighted by Crippen LogP contribution is -2.24. The molecule has 0 heterocycles. The molecule has 108 valence electrons. The molecule has 0 amide bonds. The first kappa shape index (κ1) is 16.5. The Hall–Kier alpha value is -0.520. The van der Waals surface area contributed by atoms with Crippen LogP contribution in [0.3, 0.4) is 0 Å². The summed E-state index contributed by atoms with van der Waals surface area (Å²) in [5, 5.41) is 16.2. The number of halogens is 2. The summed E-state index contributed by atoms with van der Waals surface area (Å²) in [4.78, 5) is 0. The molecule has 4 nitrogen and oxygen atoms in total. The number of nitrogens with one attached hydrogen (secondary N) is 2. The molecule has 1 aromatic rings. The van der Waals surface area contributed by atoms with E-state index in [0.717, 1.165) is 25.1 Å². The van der Waals surface area contributed by atoms with Crippen molar-refractivity contribution in [1.29, 1.82) is 0 Å². The summed E-state index contributed by atoms with van der Waals surface area (Å²) in [5.41, 5.74) is 0.948. The maximum absolute atomic E-state index is 8.61. The molecule has 1 aromatic carbocycles. The van der Waals surface area contributed by atoms with Crippen LogP contribution in [0.15, 0.2) is 12.1 Å². The van der Waals surface area contributed by atoms with Crippen molar-refractivity contribution in [1.82, 2.24) is 10.6 Å². The van der Waals surface area contributed by atoms with Gasteiger partial charge in [0.05, 0.1) is 18.7 Å². The van der Waals surface area contributed by atoms with Crippen molar-refractivity contribution in [2.45, 2.75) is 13.0 Å². The van der Waals surface area contributed by atoms with Gasteiger partial charge in [-0.25, -0.2) is 0 Å². The van der Waals surface area contributed by atoms with E-state index in [1.165, 1.54) is 0 Å². The Morgan fingerprint density at radius 2 is 1.89 bits per heavy atom. The Labute approximate surface area is 124 Å². The first-order chi connectivity index (χ1) is 9.19. The van der Waals surface area contributed by atoms with Crippen molar-refractivity contribution in [2.24, 2.45) is 0 Å². The van der Waals surface area contributed by atoms with Crippen LogP contribution >= 0.6 is 23.2 Å². The molecule has 0 unspecified atom stereocenters. The fourth-order valence-electron chi connectivity index (χ4n) is 1.74. The van der Waals surface area contributed by atoms with Gasteiger partial charge in [0.2, 0.25) is 0 Å². The number of rotatable bonds is 9. The average molecular weight is 307 g/mol. The van der Waals surface area contributed by atoms with Gasteiger partial charge >= 0.3 is 0 Å². The SMILES string of the molecule is COc1c(Cl)cc(Cl)cc1CNCCCNCCO. The lowest BCUT2D eigenvalue weighted by molar-refractivity contribution is 0.292. The first-order valence-electron chi connectivity index (χ1n) is 6.23. The average Bonchev–Trinajstić information content (AvgIpc) is 2.37. The summed E-state index contributed by atoms with van der Waals surface area (Å²) in [6.45, 7) is 3.21. The van der Waals surface area contributed by atoms with Crippen LogP contribution in [-0.2, 0) is 6.54 Å².